The van der Waals surface area contributed by atoms with Gasteiger partial charge >= 0.3 is 0 Å². The SMILES string of the molecule is C[C@H](N)C(=O)NCCNC(=O)CC1CCCCC1.Cl. The molecule has 4 N–H and O–H groups in total. The van der Waals surface area contributed by atoms with Crippen molar-refractivity contribution in [3.05, 3.63) is 0 Å². The van der Waals surface area contributed by atoms with Crippen molar-refractivity contribution in [2.75, 3.05) is 13.1 Å². The zero-order valence-corrected chi connectivity index (χ0v) is 12.4. The van der Waals surface area contributed by atoms with E-state index in [1.807, 2.05) is 0 Å². The molecular formula is C13H26ClN3O2. The zero-order valence-electron chi connectivity index (χ0n) is 11.6. The van der Waals surface area contributed by atoms with E-state index in [4.69, 9.17) is 5.73 Å². The highest BCUT2D eigenvalue weighted by Crippen LogP contribution is 2.25. The number of nitrogens with one attached hydrogen (secondary N) is 2. The van der Waals surface area contributed by atoms with E-state index < -0.39 is 6.04 Å². The molecule has 0 heterocycles. The van der Waals surface area contributed by atoms with Gasteiger partial charge in [-0.25, -0.2) is 0 Å². The van der Waals surface area contributed by atoms with E-state index in [1.165, 1.54) is 32.1 Å². The Hall–Kier alpha value is -0.810. The van der Waals surface area contributed by atoms with Gasteiger partial charge in [-0.15, -0.1) is 12.4 Å². The average Bonchev–Trinajstić information content (AvgIpc) is 2.35. The van der Waals surface area contributed by atoms with Gasteiger partial charge < -0.3 is 16.4 Å². The van der Waals surface area contributed by atoms with Gasteiger partial charge in [0.05, 0.1) is 6.04 Å². The summed E-state index contributed by atoms with van der Waals surface area (Å²) in [6, 6.07) is -0.497. The Kier molecular flexibility index (Phi) is 9.61. The quantitative estimate of drug-likeness (QED) is 0.637. The first-order chi connectivity index (χ1) is 8.59. The van der Waals surface area contributed by atoms with Gasteiger partial charge in [-0.1, -0.05) is 19.3 Å². The van der Waals surface area contributed by atoms with Gasteiger partial charge in [0, 0.05) is 19.5 Å². The fraction of sp³-hybridized carbons (Fsp3) is 0.846. The van der Waals surface area contributed by atoms with E-state index in [-0.39, 0.29) is 24.2 Å². The Bertz CT molecular complexity index is 279. The van der Waals surface area contributed by atoms with Crippen LogP contribution in [0, 0.1) is 5.92 Å². The summed E-state index contributed by atoms with van der Waals surface area (Å²) in [5, 5.41) is 5.49. The van der Waals surface area contributed by atoms with Crippen molar-refractivity contribution in [2.45, 2.75) is 51.5 Å². The molecule has 1 fully saturated rings. The summed E-state index contributed by atoms with van der Waals surface area (Å²) in [4.78, 5) is 22.8. The van der Waals surface area contributed by atoms with E-state index in [0.29, 0.717) is 25.4 Å². The normalized spacial score (nSPS) is 17.2. The van der Waals surface area contributed by atoms with Crippen molar-refractivity contribution in [1.82, 2.24) is 10.6 Å². The molecule has 0 spiro atoms. The molecule has 1 aliphatic rings. The fourth-order valence-electron chi connectivity index (χ4n) is 2.27. The smallest absolute Gasteiger partial charge is 0.236 e. The minimum absolute atomic E-state index is 0. The van der Waals surface area contributed by atoms with Crippen LogP contribution in [0.15, 0.2) is 0 Å². The molecule has 0 aliphatic heterocycles. The van der Waals surface area contributed by atoms with Gasteiger partial charge in [-0.2, -0.15) is 0 Å². The molecule has 1 atom stereocenters. The molecule has 1 saturated carbocycles. The molecule has 0 saturated heterocycles. The van der Waals surface area contributed by atoms with Crippen LogP contribution in [0.5, 0.6) is 0 Å². The van der Waals surface area contributed by atoms with E-state index in [2.05, 4.69) is 10.6 Å². The van der Waals surface area contributed by atoms with Gasteiger partial charge in [0.2, 0.25) is 11.8 Å². The molecule has 112 valence electrons. The molecule has 19 heavy (non-hydrogen) atoms. The molecular weight excluding hydrogens is 266 g/mol. The van der Waals surface area contributed by atoms with E-state index in [0.717, 1.165) is 0 Å². The molecule has 0 aromatic heterocycles. The van der Waals surface area contributed by atoms with Gasteiger partial charge in [0.1, 0.15) is 0 Å². The van der Waals surface area contributed by atoms with Crippen LogP contribution in [0.2, 0.25) is 0 Å². The second-order valence-corrected chi connectivity index (χ2v) is 5.14. The molecule has 1 aliphatic carbocycles. The number of halogens is 1. The molecule has 2 amide bonds. The highest BCUT2D eigenvalue weighted by molar-refractivity contribution is 5.85. The first-order valence-electron chi connectivity index (χ1n) is 6.89. The first kappa shape index (κ1) is 18.2. The Morgan fingerprint density at radius 1 is 1.16 bits per heavy atom. The average molecular weight is 292 g/mol. The second kappa shape index (κ2) is 10.0. The second-order valence-electron chi connectivity index (χ2n) is 5.14. The van der Waals surface area contributed by atoms with Crippen molar-refractivity contribution in [3.63, 3.8) is 0 Å². The number of amides is 2. The summed E-state index contributed by atoms with van der Waals surface area (Å²) in [6.45, 7) is 2.55. The predicted molar refractivity (Wildman–Crippen MR) is 78.1 cm³/mol. The van der Waals surface area contributed by atoms with Crippen molar-refractivity contribution < 1.29 is 9.59 Å². The highest BCUT2D eigenvalue weighted by Gasteiger charge is 2.16. The molecule has 0 bridgehead atoms. The summed E-state index contributed by atoms with van der Waals surface area (Å²) in [5.74, 6) is 0.464. The largest absolute Gasteiger partial charge is 0.354 e. The van der Waals surface area contributed by atoms with Crippen LogP contribution in [0.3, 0.4) is 0 Å². The number of carbonyl (C=O) groups excluding carboxylic acids is 2. The summed E-state index contributed by atoms with van der Waals surface area (Å²) in [5.41, 5.74) is 5.40. The minimum atomic E-state index is -0.497. The lowest BCUT2D eigenvalue weighted by Crippen LogP contribution is -2.42. The molecule has 0 radical (unpaired) electrons. The molecule has 0 aromatic carbocycles. The fourth-order valence-corrected chi connectivity index (χ4v) is 2.27. The number of hydrogen-bond donors (Lipinski definition) is 3. The lowest BCUT2D eigenvalue weighted by atomic mass is 9.87. The Morgan fingerprint density at radius 3 is 2.32 bits per heavy atom. The van der Waals surface area contributed by atoms with Gasteiger partial charge in [-0.05, 0) is 25.7 Å². The predicted octanol–water partition coefficient (Wildman–Crippen LogP) is 0.958. The van der Waals surface area contributed by atoms with Crippen LogP contribution in [-0.2, 0) is 9.59 Å². The summed E-state index contributed by atoms with van der Waals surface area (Å²) >= 11 is 0. The maximum atomic E-state index is 11.6. The lowest BCUT2D eigenvalue weighted by Gasteiger charge is -2.20. The van der Waals surface area contributed by atoms with Gasteiger partial charge in [-0.3, -0.25) is 9.59 Å². The highest BCUT2D eigenvalue weighted by atomic mass is 35.5. The summed E-state index contributed by atoms with van der Waals surface area (Å²) in [6.07, 6.45) is 6.79. The number of nitrogens with two attached hydrogens (primary N) is 1. The maximum absolute atomic E-state index is 11.6. The third kappa shape index (κ3) is 8.06. The molecule has 0 unspecified atom stereocenters. The third-order valence-corrected chi connectivity index (χ3v) is 3.36. The van der Waals surface area contributed by atoms with Crippen LogP contribution in [-0.4, -0.2) is 30.9 Å². The Balaban J connectivity index is 0.00000324. The third-order valence-electron chi connectivity index (χ3n) is 3.36. The monoisotopic (exact) mass is 291 g/mol. The topological polar surface area (TPSA) is 84.2 Å². The minimum Gasteiger partial charge on any atom is -0.354 e. The number of carbonyl (C=O) groups is 2. The zero-order chi connectivity index (χ0) is 13.4. The molecule has 6 heteroatoms. The van der Waals surface area contributed by atoms with E-state index >= 15 is 0 Å². The van der Waals surface area contributed by atoms with Crippen molar-refractivity contribution >= 4 is 24.2 Å². The van der Waals surface area contributed by atoms with Gasteiger partial charge in [0.25, 0.3) is 0 Å². The maximum Gasteiger partial charge on any atom is 0.236 e. The van der Waals surface area contributed by atoms with Crippen LogP contribution in [0.25, 0.3) is 0 Å². The van der Waals surface area contributed by atoms with Crippen LogP contribution >= 0.6 is 12.4 Å². The molecule has 1 rings (SSSR count). The summed E-state index contributed by atoms with van der Waals surface area (Å²) in [7, 11) is 0. The van der Waals surface area contributed by atoms with Crippen LogP contribution < -0.4 is 16.4 Å². The number of rotatable bonds is 6. The molecule has 5 nitrogen and oxygen atoms in total. The Morgan fingerprint density at radius 2 is 1.74 bits per heavy atom. The Labute approximate surface area is 121 Å². The van der Waals surface area contributed by atoms with Crippen molar-refractivity contribution in [2.24, 2.45) is 11.7 Å². The van der Waals surface area contributed by atoms with E-state index in [1.54, 1.807) is 6.92 Å². The standard InChI is InChI=1S/C13H25N3O2.ClH/c1-10(14)13(18)16-8-7-15-12(17)9-11-5-3-2-4-6-11;/h10-11H,2-9,14H2,1H3,(H,15,17)(H,16,18);1H/t10-;/m0./s1. The summed E-state index contributed by atoms with van der Waals surface area (Å²) < 4.78 is 0. The van der Waals surface area contributed by atoms with Crippen molar-refractivity contribution in [3.8, 4) is 0 Å². The number of hydrogen-bond acceptors (Lipinski definition) is 3. The van der Waals surface area contributed by atoms with Crippen LogP contribution in [0.4, 0.5) is 0 Å². The van der Waals surface area contributed by atoms with E-state index in [9.17, 15) is 9.59 Å². The first-order valence-corrected chi connectivity index (χ1v) is 6.89. The molecule has 0 aromatic rings. The van der Waals surface area contributed by atoms with Gasteiger partial charge in [0.15, 0.2) is 0 Å². The van der Waals surface area contributed by atoms with Crippen molar-refractivity contribution in [1.29, 1.82) is 0 Å². The lowest BCUT2D eigenvalue weighted by molar-refractivity contribution is -0.123. The van der Waals surface area contributed by atoms with Crippen LogP contribution in [0.1, 0.15) is 45.4 Å².